The third-order valence-electron chi connectivity index (χ3n) is 6.20. The first-order chi connectivity index (χ1) is 14.3. The Morgan fingerprint density at radius 2 is 1.77 bits per heavy atom. The van der Waals surface area contributed by atoms with Crippen LogP contribution >= 0.6 is 0 Å². The monoisotopic (exact) mass is 432 g/mol. The van der Waals surface area contributed by atoms with Gasteiger partial charge in [-0.25, -0.2) is 17.9 Å². The van der Waals surface area contributed by atoms with E-state index in [4.69, 9.17) is 5.73 Å². The van der Waals surface area contributed by atoms with E-state index in [0.717, 1.165) is 73.6 Å². The number of primary amides is 1. The average Bonchev–Trinajstić information content (AvgIpc) is 3.39. The van der Waals surface area contributed by atoms with Crippen molar-refractivity contribution in [3.8, 4) is 0 Å². The quantitative estimate of drug-likeness (QED) is 0.630. The molecular formula is C21H28N4O4S. The summed E-state index contributed by atoms with van der Waals surface area (Å²) in [6, 6.07) is 1.33. The molecule has 8 nitrogen and oxygen atoms in total. The van der Waals surface area contributed by atoms with Crippen molar-refractivity contribution in [2.75, 3.05) is 18.4 Å². The summed E-state index contributed by atoms with van der Waals surface area (Å²) in [5.41, 5.74) is 10.9. The first-order valence-electron chi connectivity index (χ1n) is 10.5. The predicted octanol–water partition coefficient (Wildman–Crippen LogP) is 1.58. The number of hydrogen-bond donors (Lipinski definition) is 3. The summed E-state index contributed by atoms with van der Waals surface area (Å²) in [4.78, 5) is 25.5. The minimum atomic E-state index is -3.95. The van der Waals surface area contributed by atoms with Crippen LogP contribution in [0.15, 0.2) is 17.6 Å². The van der Waals surface area contributed by atoms with E-state index in [-0.39, 0.29) is 12.6 Å². The van der Waals surface area contributed by atoms with Crippen LogP contribution in [0.1, 0.15) is 47.9 Å². The number of nitrogens with two attached hydrogens (primary N) is 1. The fourth-order valence-electron chi connectivity index (χ4n) is 4.93. The largest absolute Gasteiger partial charge is 0.369 e. The maximum Gasteiger partial charge on any atom is 0.333 e. The third-order valence-corrected chi connectivity index (χ3v) is 7.18. The molecule has 0 saturated carbocycles. The molecule has 0 unspecified atom stereocenters. The van der Waals surface area contributed by atoms with Gasteiger partial charge in [0.05, 0.1) is 6.54 Å². The number of benzene rings is 1. The maximum absolute atomic E-state index is 12.5. The van der Waals surface area contributed by atoms with Crippen LogP contribution in [-0.2, 0) is 40.5 Å². The average molecular weight is 433 g/mol. The third kappa shape index (κ3) is 4.52. The predicted molar refractivity (Wildman–Crippen MR) is 114 cm³/mol. The highest BCUT2D eigenvalue weighted by Gasteiger charge is 2.26. The second kappa shape index (κ2) is 8.39. The van der Waals surface area contributed by atoms with Crippen LogP contribution in [0, 0.1) is 0 Å². The minimum Gasteiger partial charge on any atom is -0.369 e. The van der Waals surface area contributed by atoms with Gasteiger partial charge in [-0.1, -0.05) is 12.1 Å². The Balaban J connectivity index is 1.44. The molecule has 0 bridgehead atoms. The molecule has 30 heavy (non-hydrogen) atoms. The summed E-state index contributed by atoms with van der Waals surface area (Å²) in [6.07, 6.45) is 9.05. The summed E-state index contributed by atoms with van der Waals surface area (Å²) in [7, 11) is -3.95. The molecule has 1 heterocycles. The van der Waals surface area contributed by atoms with Crippen molar-refractivity contribution in [2.24, 2.45) is 5.73 Å². The molecule has 0 spiro atoms. The Bertz CT molecular complexity index is 970. The fraction of sp³-hybridized carbons (Fsp3) is 0.524. The zero-order valence-electron chi connectivity index (χ0n) is 16.9. The van der Waals surface area contributed by atoms with E-state index in [0.29, 0.717) is 6.54 Å². The lowest BCUT2D eigenvalue weighted by Gasteiger charge is -2.19. The van der Waals surface area contributed by atoms with Crippen molar-refractivity contribution in [3.05, 3.63) is 39.8 Å². The number of sulfonamides is 1. The minimum absolute atomic E-state index is 0.0905. The molecule has 1 aromatic carbocycles. The number of amides is 3. The Morgan fingerprint density at radius 1 is 1.10 bits per heavy atom. The van der Waals surface area contributed by atoms with E-state index in [2.05, 4.69) is 16.1 Å². The van der Waals surface area contributed by atoms with Crippen molar-refractivity contribution in [2.45, 2.75) is 57.4 Å². The van der Waals surface area contributed by atoms with Crippen molar-refractivity contribution < 1.29 is 18.0 Å². The SMILES string of the molecule is NC(=O)CN1CCC[C@@H]1/C=C/S(=O)(=O)NC(=O)Nc1c2c(cc3c1CCC3)CCC2. The molecule has 1 atom stereocenters. The molecular weight excluding hydrogens is 404 g/mol. The molecule has 3 amide bonds. The molecule has 4 N–H and O–H groups in total. The number of carbonyl (C=O) groups excluding carboxylic acids is 2. The van der Waals surface area contributed by atoms with Crippen LogP contribution in [0.25, 0.3) is 0 Å². The number of nitrogens with one attached hydrogen (secondary N) is 2. The highest BCUT2D eigenvalue weighted by atomic mass is 32.2. The van der Waals surface area contributed by atoms with Gasteiger partial charge in [0.15, 0.2) is 0 Å². The summed E-state index contributed by atoms with van der Waals surface area (Å²) >= 11 is 0. The fourth-order valence-corrected chi connectivity index (χ4v) is 5.70. The number of urea groups is 1. The first-order valence-corrected chi connectivity index (χ1v) is 12.1. The van der Waals surface area contributed by atoms with Gasteiger partial charge in [0, 0.05) is 17.1 Å². The van der Waals surface area contributed by atoms with Crippen LogP contribution in [0.4, 0.5) is 10.5 Å². The van der Waals surface area contributed by atoms with Crippen LogP contribution < -0.4 is 15.8 Å². The Morgan fingerprint density at radius 3 is 2.40 bits per heavy atom. The van der Waals surface area contributed by atoms with E-state index in [1.165, 1.54) is 17.2 Å². The van der Waals surface area contributed by atoms with Gasteiger partial charge in [0.25, 0.3) is 10.0 Å². The summed E-state index contributed by atoms with van der Waals surface area (Å²) < 4.78 is 26.9. The molecule has 3 aliphatic rings. The van der Waals surface area contributed by atoms with E-state index >= 15 is 0 Å². The Labute approximate surface area is 176 Å². The number of likely N-dealkylation sites (tertiary alicyclic amines) is 1. The lowest BCUT2D eigenvalue weighted by Crippen LogP contribution is -2.37. The van der Waals surface area contributed by atoms with Gasteiger partial charge in [-0.3, -0.25) is 9.69 Å². The lowest BCUT2D eigenvalue weighted by molar-refractivity contribution is -0.119. The molecule has 162 valence electrons. The number of hydrogen-bond acceptors (Lipinski definition) is 5. The number of carbonyl (C=O) groups is 2. The molecule has 1 aliphatic heterocycles. The van der Waals surface area contributed by atoms with E-state index in [1.54, 1.807) is 0 Å². The van der Waals surface area contributed by atoms with Gasteiger partial charge >= 0.3 is 6.03 Å². The Hall–Kier alpha value is -2.39. The summed E-state index contributed by atoms with van der Waals surface area (Å²) in [5.74, 6) is -0.446. The number of nitrogens with zero attached hydrogens (tertiary/aromatic N) is 1. The van der Waals surface area contributed by atoms with Crippen LogP contribution in [0.5, 0.6) is 0 Å². The van der Waals surface area contributed by atoms with Crippen molar-refractivity contribution in [1.82, 2.24) is 9.62 Å². The second-order valence-electron chi connectivity index (χ2n) is 8.31. The van der Waals surface area contributed by atoms with Gasteiger partial charge < -0.3 is 11.1 Å². The van der Waals surface area contributed by atoms with Gasteiger partial charge in [-0.2, -0.15) is 0 Å². The zero-order valence-corrected chi connectivity index (χ0v) is 17.8. The molecule has 0 aromatic heterocycles. The molecule has 2 aliphatic carbocycles. The first kappa shape index (κ1) is 20.9. The number of anilines is 1. The van der Waals surface area contributed by atoms with Gasteiger partial charge in [0.2, 0.25) is 5.91 Å². The number of aryl methyl sites for hydroxylation is 2. The second-order valence-corrected chi connectivity index (χ2v) is 9.88. The normalized spacial score (nSPS) is 21.0. The van der Waals surface area contributed by atoms with Crippen LogP contribution in [-0.4, -0.2) is 44.4 Å². The standard InChI is InChI=1S/C21H28N4O4S/c22-19(26)13-25-10-3-6-16(25)9-11-30(28,29)24-21(27)23-20-17-7-1-4-14(17)12-15-5-2-8-18(15)20/h9,11-12,16H,1-8,10,13H2,(H2,22,26)(H2,23,24,27)/b11-9+/t16-/m1/s1. The van der Waals surface area contributed by atoms with E-state index < -0.39 is 22.0 Å². The van der Waals surface area contributed by atoms with Gasteiger partial charge in [-0.15, -0.1) is 0 Å². The molecule has 1 fully saturated rings. The highest BCUT2D eigenvalue weighted by molar-refractivity contribution is 7.92. The highest BCUT2D eigenvalue weighted by Crippen LogP contribution is 2.38. The van der Waals surface area contributed by atoms with Crippen molar-refractivity contribution in [1.29, 1.82) is 0 Å². The van der Waals surface area contributed by atoms with Crippen molar-refractivity contribution in [3.63, 3.8) is 0 Å². The zero-order chi connectivity index (χ0) is 21.3. The molecule has 1 saturated heterocycles. The topological polar surface area (TPSA) is 122 Å². The van der Waals surface area contributed by atoms with E-state index in [9.17, 15) is 18.0 Å². The molecule has 0 radical (unpaired) electrons. The Kier molecular flexibility index (Phi) is 5.84. The van der Waals surface area contributed by atoms with Crippen LogP contribution in [0.3, 0.4) is 0 Å². The van der Waals surface area contributed by atoms with Gasteiger partial charge in [0.1, 0.15) is 0 Å². The summed E-state index contributed by atoms with van der Waals surface area (Å²) in [5, 5.41) is 3.84. The van der Waals surface area contributed by atoms with E-state index in [1.807, 2.05) is 4.90 Å². The smallest absolute Gasteiger partial charge is 0.333 e. The molecule has 4 rings (SSSR count). The maximum atomic E-state index is 12.5. The van der Waals surface area contributed by atoms with Gasteiger partial charge in [-0.05, 0) is 80.2 Å². The molecule has 1 aromatic rings. The lowest BCUT2D eigenvalue weighted by atomic mass is 9.99. The van der Waals surface area contributed by atoms with Crippen molar-refractivity contribution >= 4 is 27.6 Å². The summed E-state index contributed by atoms with van der Waals surface area (Å²) in [6.45, 7) is 0.781. The van der Waals surface area contributed by atoms with Crippen LogP contribution in [0.2, 0.25) is 0 Å². The number of rotatable bonds is 6. The molecule has 9 heteroatoms. The number of fused-ring (bicyclic) bond motifs is 2.